The lowest BCUT2D eigenvalue weighted by atomic mass is 10.2. The molecule has 2 aromatic rings. The van der Waals surface area contributed by atoms with Crippen molar-refractivity contribution in [2.75, 3.05) is 19.0 Å². The van der Waals surface area contributed by atoms with Crippen molar-refractivity contribution in [2.24, 2.45) is 0 Å². The first-order valence-electron chi connectivity index (χ1n) is 8.49. The van der Waals surface area contributed by atoms with E-state index in [-0.39, 0.29) is 24.5 Å². The third-order valence-corrected chi connectivity index (χ3v) is 3.83. The molecule has 0 spiro atoms. The topological polar surface area (TPSA) is 76.7 Å². The molecule has 0 saturated heterocycles. The van der Waals surface area contributed by atoms with Crippen molar-refractivity contribution in [2.45, 2.75) is 26.3 Å². The second kappa shape index (κ2) is 9.46. The van der Waals surface area contributed by atoms with Crippen molar-refractivity contribution >= 4 is 17.5 Å². The molecule has 0 bridgehead atoms. The summed E-state index contributed by atoms with van der Waals surface area (Å²) in [4.78, 5) is 24.0. The first-order chi connectivity index (χ1) is 12.5. The molecular formula is C20H24N2O4. The van der Waals surface area contributed by atoms with Gasteiger partial charge in [-0.3, -0.25) is 9.59 Å². The molecule has 0 saturated carbocycles. The Labute approximate surface area is 153 Å². The van der Waals surface area contributed by atoms with Crippen LogP contribution in [0.2, 0.25) is 0 Å². The van der Waals surface area contributed by atoms with Crippen molar-refractivity contribution in [1.82, 2.24) is 5.32 Å². The van der Waals surface area contributed by atoms with E-state index in [4.69, 9.17) is 9.47 Å². The van der Waals surface area contributed by atoms with Crippen LogP contribution in [-0.2, 0) is 4.79 Å². The largest absolute Gasteiger partial charge is 0.497 e. The van der Waals surface area contributed by atoms with E-state index in [1.165, 1.54) is 0 Å². The molecule has 0 aliphatic rings. The minimum atomic E-state index is -0.281. The van der Waals surface area contributed by atoms with E-state index in [9.17, 15) is 9.59 Å². The van der Waals surface area contributed by atoms with Crippen LogP contribution in [0.15, 0.2) is 48.5 Å². The molecule has 0 heterocycles. The summed E-state index contributed by atoms with van der Waals surface area (Å²) in [7, 11) is 1.57. The summed E-state index contributed by atoms with van der Waals surface area (Å²) in [5, 5.41) is 5.63. The van der Waals surface area contributed by atoms with E-state index in [0.29, 0.717) is 22.7 Å². The molecule has 0 aliphatic heterocycles. The third-order valence-electron chi connectivity index (χ3n) is 3.83. The first-order valence-corrected chi connectivity index (χ1v) is 8.49. The maximum Gasteiger partial charge on any atom is 0.262 e. The van der Waals surface area contributed by atoms with E-state index in [1.54, 1.807) is 55.6 Å². The van der Waals surface area contributed by atoms with Crippen molar-refractivity contribution in [3.63, 3.8) is 0 Å². The molecule has 6 nitrogen and oxygen atoms in total. The fourth-order valence-corrected chi connectivity index (χ4v) is 2.16. The van der Waals surface area contributed by atoms with Crippen LogP contribution in [0.4, 0.5) is 5.69 Å². The van der Waals surface area contributed by atoms with Gasteiger partial charge in [0.05, 0.1) is 7.11 Å². The molecule has 1 unspecified atom stereocenters. The minimum Gasteiger partial charge on any atom is -0.497 e. The average molecular weight is 356 g/mol. The number of carbonyl (C=O) groups is 2. The molecule has 138 valence electrons. The molecule has 2 N–H and O–H groups in total. The van der Waals surface area contributed by atoms with Gasteiger partial charge >= 0.3 is 0 Å². The Morgan fingerprint density at radius 1 is 1.08 bits per heavy atom. The van der Waals surface area contributed by atoms with Gasteiger partial charge in [0.25, 0.3) is 11.8 Å². The zero-order chi connectivity index (χ0) is 18.9. The van der Waals surface area contributed by atoms with Crippen molar-refractivity contribution < 1.29 is 19.1 Å². The van der Waals surface area contributed by atoms with E-state index in [1.807, 2.05) is 13.8 Å². The molecule has 0 aromatic heterocycles. The van der Waals surface area contributed by atoms with Gasteiger partial charge < -0.3 is 20.1 Å². The van der Waals surface area contributed by atoms with Gasteiger partial charge in [-0.05, 0) is 49.7 Å². The number of carbonyl (C=O) groups excluding carboxylic acids is 2. The summed E-state index contributed by atoms with van der Waals surface area (Å²) in [5.74, 6) is 0.777. The van der Waals surface area contributed by atoms with Crippen molar-refractivity contribution in [3.8, 4) is 11.5 Å². The maximum absolute atomic E-state index is 12.0. The molecule has 2 amide bonds. The number of hydrogen-bond donors (Lipinski definition) is 2. The van der Waals surface area contributed by atoms with Crippen molar-refractivity contribution in [3.05, 3.63) is 54.1 Å². The van der Waals surface area contributed by atoms with Gasteiger partial charge in [-0.15, -0.1) is 0 Å². The summed E-state index contributed by atoms with van der Waals surface area (Å²) >= 11 is 0. The fraction of sp³-hybridized carbons (Fsp3) is 0.300. The fourth-order valence-electron chi connectivity index (χ4n) is 2.16. The highest BCUT2D eigenvalue weighted by Crippen LogP contribution is 2.17. The first kappa shape index (κ1) is 19.3. The summed E-state index contributed by atoms with van der Waals surface area (Å²) in [5.41, 5.74) is 1.19. The predicted octanol–water partition coefficient (Wildman–Crippen LogP) is 3.24. The van der Waals surface area contributed by atoms with Gasteiger partial charge in [-0.2, -0.15) is 0 Å². The summed E-state index contributed by atoms with van der Waals surface area (Å²) in [6.45, 7) is 3.84. The number of benzene rings is 2. The van der Waals surface area contributed by atoms with Crippen molar-refractivity contribution in [1.29, 1.82) is 0 Å². The smallest absolute Gasteiger partial charge is 0.262 e. The Kier molecular flexibility index (Phi) is 7.02. The highest BCUT2D eigenvalue weighted by molar-refractivity contribution is 5.94. The summed E-state index contributed by atoms with van der Waals surface area (Å²) in [6.07, 6.45) is 0.870. The molecule has 2 rings (SSSR count). The molecular weight excluding hydrogens is 332 g/mol. The van der Waals surface area contributed by atoms with E-state index < -0.39 is 0 Å². The van der Waals surface area contributed by atoms with E-state index in [2.05, 4.69) is 10.6 Å². The van der Waals surface area contributed by atoms with Crippen LogP contribution >= 0.6 is 0 Å². The number of hydrogen-bond acceptors (Lipinski definition) is 4. The number of rotatable bonds is 8. The Balaban J connectivity index is 1.85. The minimum absolute atomic E-state index is 0.123. The quantitative estimate of drug-likeness (QED) is 0.761. The van der Waals surface area contributed by atoms with Gasteiger partial charge in [0.2, 0.25) is 0 Å². The van der Waals surface area contributed by atoms with Crippen LogP contribution in [0.1, 0.15) is 30.6 Å². The number of methoxy groups -OCH3 is 1. The zero-order valence-electron chi connectivity index (χ0n) is 15.2. The average Bonchev–Trinajstić information content (AvgIpc) is 2.66. The zero-order valence-corrected chi connectivity index (χ0v) is 15.2. The van der Waals surface area contributed by atoms with Gasteiger partial charge in [0.1, 0.15) is 11.5 Å². The lowest BCUT2D eigenvalue weighted by molar-refractivity contribution is -0.118. The Morgan fingerprint density at radius 3 is 2.46 bits per heavy atom. The summed E-state index contributed by atoms with van der Waals surface area (Å²) in [6, 6.07) is 13.9. The van der Waals surface area contributed by atoms with Crippen LogP contribution in [0.5, 0.6) is 11.5 Å². The van der Waals surface area contributed by atoms with E-state index in [0.717, 1.165) is 6.42 Å². The lowest BCUT2D eigenvalue weighted by Crippen LogP contribution is -2.31. The van der Waals surface area contributed by atoms with Gasteiger partial charge in [0, 0.05) is 23.4 Å². The lowest BCUT2D eigenvalue weighted by Gasteiger charge is -2.12. The highest BCUT2D eigenvalue weighted by Gasteiger charge is 2.09. The molecule has 1 atom stereocenters. The van der Waals surface area contributed by atoms with Crippen LogP contribution in [0.25, 0.3) is 0 Å². The monoisotopic (exact) mass is 356 g/mol. The van der Waals surface area contributed by atoms with Crippen LogP contribution in [0.3, 0.4) is 0 Å². The van der Waals surface area contributed by atoms with Gasteiger partial charge in [0.15, 0.2) is 6.61 Å². The second-order valence-electron chi connectivity index (χ2n) is 5.88. The summed E-state index contributed by atoms with van der Waals surface area (Å²) < 4.78 is 10.6. The van der Waals surface area contributed by atoms with E-state index >= 15 is 0 Å². The third kappa shape index (κ3) is 5.81. The number of ether oxygens (including phenoxy) is 2. The standard InChI is InChI=1S/C20H24N2O4/c1-4-14(2)21-20(24)15-8-10-17(11-9-15)26-13-19(23)22-16-6-5-7-18(12-16)25-3/h5-12,14H,4,13H2,1-3H3,(H,21,24)(H,22,23). The second-order valence-corrected chi connectivity index (χ2v) is 5.88. The maximum atomic E-state index is 12.0. The number of amides is 2. The Morgan fingerprint density at radius 2 is 1.81 bits per heavy atom. The Hall–Kier alpha value is -3.02. The van der Waals surface area contributed by atoms with Crippen LogP contribution in [0, 0.1) is 0 Å². The molecule has 0 aliphatic carbocycles. The molecule has 6 heteroatoms. The molecule has 0 fully saturated rings. The predicted molar refractivity (Wildman–Crippen MR) is 101 cm³/mol. The number of nitrogens with one attached hydrogen (secondary N) is 2. The Bertz CT molecular complexity index is 744. The van der Waals surface area contributed by atoms with Gasteiger partial charge in [-0.25, -0.2) is 0 Å². The van der Waals surface area contributed by atoms with Gasteiger partial charge in [-0.1, -0.05) is 13.0 Å². The normalized spacial score (nSPS) is 11.3. The van der Waals surface area contributed by atoms with Crippen LogP contribution < -0.4 is 20.1 Å². The molecule has 2 aromatic carbocycles. The molecule has 26 heavy (non-hydrogen) atoms. The van der Waals surface area contributed by atoms with Crippen LogP contribution in [-0.4, -0.2) is 31.6 Å². The highest BCUT2D eigenvalue weighted by atomic mass is 16.5. The number of anilines is 1. The SMILES string of the molecule is CCC(C)NC(=O)c1ccc(OCC(=O)Nc2cccc(OC)c2)cc1. The molecule has 0 radical (unpaired) electrons.